The topological polar surface area (TPSA) is 87.7 Å². The smallest absolute Gasteiger partial charge is 0.244 e. The Morgan fingerprint density at radius 3 is 2.46 bits per heavy atom. The zero-order valence-corrected chi connectivity index (χ0v) is 22.7. The third kappa shape index (κ3) is 6.08. The first-order valence-corrected chi connectivity index (χ1v) is 13.1. The average Bonchev–Trinajstić information content (AvgIpc) is 3.58. The number of halogens is 1. The first-order chi connectivity index (χ1) is 17.5. The fourth-order valence-corrected chi connectivity index (χ4v) is 5.53. The summed E-state index contributed by atoms with van der Waals surface area (Å²) in [5.41, 5.74) is 2.56. The van der Waals surface area contributed by atoms with Crippen LogP contribution in [0.25, 0.3) is 10.6 Å². The molecule has 1 amide bonds. The summed E-state index contributed by atoms with van der Waals surface area (Å²) in [6, 6.07) is 15.2. The minimum absolute atomic E-state index is 0. The molecule has 0 spiro atoms. The summed E-state index contributed by atoms with van der Waals surface area (Å²) < 4.78 is 5.35. The number of methoxy groups -OCH3 is 1. The third-order valence-electron chi connectivity index (χ3n) is 7.03. The Hall–Kier alpha value is -2.69. The van der Waals surface area contributed by atoms with Gasteiger partial charge >= 0.3 is 0 Å². The van der Waals surface area contributed by atoms with E-state index in [0.29, 0.717) is 22.9 Å². The zero-order valence-electron chi connectivity index (χ0n) is 21.1. The molecule has 1 N–H and O–H groups in total. The molecule has 0 bridgehead atoms. The summed E-state index contributed by atoms with van der Waals surface area (Å²) in [6.45, 7) is 4.06. The highest BCUT2D eigenvalue weighted by Crippen LogP contribution is 2.43. The first kappa shape index (κ1) is 27.3. The minimum Gasteiger partial charge on any atom is -0.380 e. The van der Waals surface area contributed by atoms with Crippen molar-refractivity contribution in [3.63, 3.8) is 0 Å². The van der Waals surface area contributed by atoms with Crippen LogP contribution in [0.2, 0.25) is 0 Å². The van der Waals surface area contributed by atoms with Crippen molar-refractivity contribution in [2.45, 2.75) is 31.4 Å². The Morgan fingerprint density at radius 1 is 1.05 bits per heavy atom. The van der Waals surface area contributed by atoms with Crippen LogP contribution in [0.3, 0.4) is 0 Å². The van der Waals surface area contributed by atoms with Gasteiger partial charge in [0.2, 0.25) is 5.91 Å². The van der Waals surface area contributed by atoms with Crippen LogP contribution in [0.4, 0.5) is 5.69 Å². The van der Waals surface area contributed by atoms with Crippen molar-refractivity contribution in [1.29, 1.82) is 0 Å². The zero-order chi connectivity index (χ0) is 25.1. The van der Waals surface area contributed by atoms with Gasteiger partial charge in [-0.1, -0.05) is 53.8 Å². The van der Waals surface area contributed by atoms with Gasteiger partial charge in [-0.3, -0.25) is 14.5 Å². The quantitative estimate of drug-likeness (QED) is 0.411. The second-order valence-electron chi connectivity index (χ2n) is 9.55. The highest BCUT2D eigenvalue weighted by atomic mass is 35.5. The molecule has 10 heteroatoms. The van der Waals surface area contributed by atoms with E-state index in [9.17, 15) is 9.59 Å². The number of carbonyl (C=O) groups is 2. The molecule has 2 aromatic carbocycles. The van der Waals surface area contributed by atoms with Gasteiger partial charge in [0.15, 0.2) is 5.78 Å². The number of hydrogen-bond donors (Lipinski definition) is 1. The number of nitrogens with zero attached hydrogens (tertiary/aromatic N) is 4. The molecule has 196 valence electrons. The van der Waals surface area contributed by atoms with E-state index in [4.69, 9.17) is 4.74 Å². The summed E-state index contributed by atoms with van der Waals surface area (Å²) in [5.74, 6) is -0.0592. The van der Waals surface area contributed by atoms with E-state index >= 15 is 0 Å². The van der Waals surface area contributed by atoms with Crippen molar-refractivity contribution in [3.8, 4) is 10.6 Å². The molecule has 1 aromatic heterocycles. The number of carbonyl (C=O) groups excluding carboxylic acids is 2. The maximum Gasteiger partial charge on any atom is 0.244 e. The first-order valence-electron chi connectivity index (χ1n) is 12.3. The molecule has 1 aliphatic carbocycles. The summed E-state index contributed by atoms with van der Waals surface area (Å²) in [5, 5.41) is 13.1. The van der Waals surface area contributed by atoms with Gasteiger partial charge in [-0.2, -0.15) is 0 Å². The number of amides is 1. The van der Waals surface area contributed by atoms with E-state index in [1.54, 1.807) is 19.2 Å². The predicted molar refractivity (Wildman–Crippen MR) is 147 cm³/mol. The number of aromatic nitrogens is 2. The molecular formula is C27H32ClN5O3S. The lowest BCUT2D eigenvalue weighted by Crippen LogP contribution is -2.54. The third-order valence-corrected chi connectivity index (χ3v) is 8.01. The van der Waals surface area contributed by atoms with Gasteiger partial charge in [0.25, 0.3) is 0 Å². The molecule has 2 heterocycles. The second-order valence-corrected chi connectivity index (χ2v) is 10.6. The molecule has 2 fully saturated rings. The molecule has 37 heavy (non-hydrogen) atoms. The Balaban J connectivity index is 0.00000320. The van der Waals surface area contributed by atoms with Crippen LogP contribution in [0.5, 0.6) is 0 Å². The van der Waals surface area contributed by atoms with E-state index < -0.39 is 5.54 Å². The van der Waals surface area contributed by atoms with Crippen molar-refractivity contribution in [2.24, 2.45) is 0 Å². The van der Waals surface area contributed by atoms with Crippen LogP contribution in [0, 0.1) is 0 Å². The number of likely N-dealkylation sites (N-methyl/N-ethyl adjacent to an activating group) is 1. The number of nitrogens with one attached hydrogen (secondary N) is 1. The molecular weight excluding hydrogens is 510 g/mol. The predicted octanol–water partition coefficient (Wildman–Crippen LogP) is 3.92. The Bertz CT molecular complexity index is 1240. The number of hydrogen-bond acceptors (Lipinski definition) is 8. The highest BCUT2D eigenvalue weighted by molar-refractivity contribution is 7.14. The monoisotopic (exact) mass is 541 g/mol. The Labute approximate surface area is 227 Å². The van der Waals surface area contributed by atoms with Crippen LogP contribution in [-0.4, -0.2) is 77.6 Å². The number of rotatable bonds is 9. The molecule has 1 saturated heterocycles. The summed E-state index contributed by atoms with van der Waals surface area (Å²) in [6.07, 6.45) is 1.88. The maximum atomic E-state index is 13.4. The van der Waals surface area contributed by atoms with Gasteiger partial charge in [-0.25, -0.2) is 0 Å². The minimum atomic E-state index is -0.438. The standard InChI is InChI=1S/C27H31N5O3S.ClH/c1-31-12-14-32(15-13-31)27(10-11-27)26(34)28-22-16-20(8-9-21(22)18-35-2)23(33)17-24-29-30-25(36-24)19-6-4-3-5-7-19;/h3-9,16H,10-15,17-18H2,1-2H3,(H,28,34);1H. The van der Waals surface area contributed by atoms with E-state index in [0.717, 1.165) is 55.2 Å². The van der Waals surface area contributed by atoms with E-state index in [1.165, 1.54) is 11.3 Å². The number of piperazine rings is 1. The van der Waals surface area contributed by atoms with Crippen LogP contribution in [-0.2, 0) is 22.6 Å². The number of benzene rings is 2. The molecule has 0 radical (unpaired) electrons. The van der Waals surface area contributed by atoms with Crippen molar-refractivity contribution in [2.75, 3.05) is 45.7 Å². The normalized spacial score (nSPS) is 17.1. The lowest BCUT2D eigenvalue weighted by molar-refractivity contribution is -0.123. The fourth-order valence-electron chi connectivity index (χ4n) is 4.69. The molecule has 0 unspecified atom stereocenters. The van der Waals surface area contributed by atoms with Gasteiger partial charge in [0.05, 0.1) is 13.0 Å². The molecule has 1 saturated carbocycles. The second kappa shape index (κ2) is 11.8. The molecule has 2 aliphatic rings. The molecule has 5 rings (SSSR count). The molecule has 8 nitrogen and oxygen atoms in total. The van der Waals surface area contributed by atoms with Crippen molar-refractivity contribution in [1.82, 2.24) is 20.0 Å². The fraction of sp³-hybridized carbons (Fsp3) is 0.407. The number of anilines is 1. The van der Waals surface area contributed by atoms with E-state index in [2.05, 4.69) is 32.4 Å². The number of ether oxygens (including phenoxy) is 1. The van der Waals surface area contributed by atoms with Crippen molar-refractivity contribution < 1.29 is 14.3 Å². The maximum absolute atomic E-state index is 13.4. The average molecular weight is 542 g/mol. The van der Waals surface area contributed by atoms with Gasteiger partial charge in [0, 0.05) is 55.7 Å². The Kier molecular flexibility index (Phi) is 8.71. The van der Waals surface area contributed by atoms with Crippen molar-refractivity contribution >= 4 is 41.1 Å². The Morgan fingerprint density at radius 2 is 1.78 bits per heavy atom. The van der Waals surface area contributed by atoms with E-state index in [-0.39, 0.29) is 30.5 Å². The summed E-state index contributed by atoms with van der Waals surface area (Å²) >= 11 is 1.42. The largest absolute Gasteiger partial charge is 0.380 e. The highest BCUT2D eigenvalue weighted by Gasteiger charge is 2.54. The SMILES string of the molecule is COCc1ccc(C(=O)Cc2nnc(-c3ccccc3)s2)cc1NC(=O)C1(N2CCN(C)CC2)CC1.Cl. The van der Waals surface area contributed by atoms with Gasteiger partial charge in [-0.05, 0) is 26.0 Å². The van der Waals surface area contributed by atoms with Crippen LogP contribution >= 0.6 is 23.7 Å². The summed E-state index contributed by atoms with van der Waals surface area (Å²) in [7, 11) is 3.73. The van der Waals surface area contributed by atoms with Gasteiger partial charge in [-0.15, -0.1) is 22.6 Å². The summed E-state index contributed by atoms with van der Waals surface area (Å²) in [4.78, 5) is 31.2. The number of Topliss-reactive ketones (excluding diaryl/α,β-unsaturated/α-hetero) is 1. The van der Waals surface area contributed by atoms with E-state index in [1.807, 2.05) is 36.4 Å². The van der Waals surface area contributed by atoms with Crippen LogP contribution in [0.1, 0.15) is 33.8 Å². The number of ketones is 1. The van der Waals surface area contributed by atoms with Crippen LogP contribution in [0.15, 0.2) is 48.5 Å². The van der Waals surface area contributed by atoms with Gasteiger partial charge < -0.3 is 15.0 Å². The van der Waals surface area contributed by atoms with Crippen LogP contribution < -0.4 is 5.32 Å². The molecule has 1 aliphatic heterocycles. The molecule has 3 aromatic rings. The van der Waals surface area contributed by atoms with Gasteiger partial charge in [0.1, 0.15) is 15.6 Å². The lowest BCUT2D eigenvalue weighted by Gasteiger charge is -2.37. The molecule has 0 atom stereocenters. The van der Waals surface area contributed by atoms with Crippen molar-refractivity contribution in [3.05, 3.63) is 64.7 Å². The lowest BCUT2D eigenvalue weighted by atomic mass is 10.0.